The van der Waals surface area contributed by atoms with Gasteiger partial charge in [-0.2, -0.15) is 4.31 Å². The second-order valence-electron chi connectivity index (χ2n) is 8.05. The summed E-state index contributed by atoms with van der Waals surface area (Å²) in [6, 6.07) is 10.6. The highest BCUT2D eigenvalue weighted by Gasteiger charge is 2.28. The second kappa shape index (κ2) is 13.1. The van der Waals surface area contributed by atoms with Crippen molar-refractivity contribution in [3.8, 4) is 5.75 Å². The molecule has 1 amide bonds. The van der Waals surface area contributed by atoms with Crippen LogP contribution in [-0.4, -0.2) is 74.6 Å². The Labute approximate surface area is 213 Å². The fourth-order valence-electron chi connectivity index (χ4n) is 3.43. The van der Waals surface area contributed by atoms with Crippen molar-refractivity contribution in [3.63, 3.8) is 0 Å². The van der Waals surface area contributed by atoms with Gasteiger partial charge in [0.15, 0.2) is 17.3 Å². The summed E-state index contributed by atoms with van der Waals surface area (Å²) in [6.45, 7) is 0.0118. The van der Waals surface area contributed by atoms with Crippen LogP contribution in [0.25, 0.3) is 0 Å². The van der Waals surface area contributed by atoms with Crippen LogP contribution in [0.4, 0.5) is 9.18 Å². The number of morpholine rings is 1. The first-order valence-corrected chi connectivity index (χ1v) is 12.8. The van der Waals surface area contributed by atoms with E-state index in [1.165, 1.54) is 4.31 Å². The second-order valence-corrected chi connectivity index (χ2v) is 9.99. The van der Waals surface area contributed by atoms with E-state index in [0.717, 1.165) is 18.2 Å². The number of carbonyl (C=O) groups is 3. The first kappa shape index (κ1) is 28.0. The molecule has 3 rings (SSSR count). The third-order valence-electron chi connectivity index (χ3n) is 5.42. The zero-order valence-corrected chi connectivity index (χ0v) is 20.6. The summed E-state index contributed by atoms with van der Waals surface area (Å²) in [4.78, 5) is 35.5. The monoisotopic (exact) mass is 538 g/mol. The van der Waals surface area contributed by atoms with Crippen LogP contribution in [-0.2, 0) is 35.7 Å². The Morgan fingerprint density at radius 3 is 2.46 bits per heavy atom. The number of ether oxygens (including phenoxy) is 3. The van der Waals surface area contributed by atoms with Crippen LogP contribution >= 0.6 is 0 Å². The highest BCUT2D eigenvalue weighted by molar-refractivity contribution is 7.89. The van der Waals surface area contributed by atoms with Crippen molar-refractivity contribution < 1.29 is 46.5 Å². The molecule has 13 heteroatoms. The van der Waals surface area contributed by atoms with Crippen LogP contribution in [0.15, 0.2) is 53.4 Å². The van der Waals surface area contributed by atoms with Gasteiger partial charge in [-0.15, -0.1) is 0 Å². The molecule has 0 aromatic heterocycles. The number of aliphatic carboxylic acids is 1. The van der Waals surface area contributed by atoms with Crippen LogP contribution in [0.1, 0.15) is 18.4 Å². The highest BCUT2D eigenvalue weighted by Crippen LogP contribution is 2.24. The summed E-state index contributed by atoms with van der Waals surface area (Å²) >= 11 is 0. The number of amides is 1. The van der Waals surface area contributed by atoms with Crippen molar-refractivity contribution in [2.45, 2.75) is 30.4 Å². The van der Waals surface area contributed by atoms with E-state index in [1.54, 1.807) is 30.3 Å². The van der Waals surface area contributed by atoms with Crippen LogP contribution in [0.5, 0.6) is 5.75 Å². The molecule has 1 atom stereocenters. The fourth-order valence-corrected chi connectivity index (χ4v) is 4.85. The molecule has 1 heterocycles. The van der Waals surface area contributed by atoms with Crippen molar-refractivity contribution in [2.24, 2.45) is 0 Å². The normalized spacial score (nSPS) is 14.9. The molecule has 1 saturated heterocycles. The third kappa shape index (κ3) is 8.23. The van der Waals surface area contributed by atoms with Gasteiger partial charge in [-0.05, 0) is 30.2 Å². The Morgan fingerprint density at radius 2 is 1.81 bits per heavy atom. The maximum atomic E-state index is 14.6. The largest absolute Gasteiger partial charge is 0.483 e. The zero-order valence-electron chi connectivity index (χ0n) is 19.8. The van der Waals surface area contributed by atoms with Crippen LogP contribution < -0.4 is 10.1 Å². The Bertz CT molecular complexity index is 1200. The standard InChI is InChI=1S/C24H27FN2O9S/c25-19-14-18(37(32,33)27-10-12-34-13-11-27)6-8-22(19)35-16-21(28)20(7-9-23(29)30)26-24(31)36-15-17-4-2-1-3-5-17/h1-6,8,14,20H,7,9-13,15-16H2,(H,26,31)(H,29,30)/t20-/m0/s1. The maximum absolute atomic E-state index is 14.6. The molecule has 0 saturated carbocycles. The number of carboxylic acids is 1. The molecule has 2 aromatic carbocycles. The number of hydrogen-bond donors (Lipinski definition) is 2. The van der Waals surface area contributed by atoms with Crippen LogP contribution in [0.3, 0.4) is 0 Å². The first-order chi connectivity index (χ1) is 17.7. The van der Waals surface area contributed by atoms with E-state index in [4.69, 9.17) is 19.3 Å². The van der Waals surface area contributed by atoms with Gasteiger partial charge in [0, 0.05) is 19.5 Å². The lowest BCUT2D eigenvalue weighted by Crippen LogP contribution is -2.43. The van der Waals surface area contributed by atoms with Crippen LogP contribution in [0.2, 0.25) is 0 Å². The van der Waals surface area contributed by atoms with Gasteiger partial charge in [0.1, 0.15) is 13.2 Å². The maximum Gasteiger partial charge on any atom is 0.408 e. The fraction of sp³-hybridized carbons (Fsp3) is 0.375. The Hall–Kier alpha value is -3.55. The number of alkyl carbamates (subject to hydrolysis) is 1. The first-order valence-electron chi connectivity index (χ1n) is 11.4. The smallest absolute Gasteiger partial charge is 0.408 e. The number of halogens is 1. The minimum absolute atomic E-state index is 0.0616. The van der Waals surface area contributed by atoms with E-state index in [9.17, 15) is 27.2 Å². The number of sulfonamides is 1. The molecule has 0 aliphatic carbocycles. The molecule has 1 aliphatic rings. The molecule has 1 fully saturated rings. The SMILES string of the molecule is O=C(O)CC[C@H](NC(=O)OCc1ccccc1)C(=O)COc1ccc(S(=O)(=O)N2CCOCC2)cc1F. The van der Waals surface area contributed by atoms with Crippen molar-refractivity contribution in [3.05, 3.63) is 59.9 Å². The van der Waals surface area contributed by atoms with Gasteiger partial charge in [0.05, 0.1) is 24.2 Å². The highest BCUT2D eigenvalue weighted by atomic mass is 32.2. The quantitative estimate of drug-likeness (QED) is 0.414. The van der Waals surface area contributed by atoms with Gasteiger partial charge in [-0.25, -0.2) is 17.6 Å². The van der Waals surface area contributed by atoms with Crippen molar-refractivity contribution >= 4 is 27.9 Å². The third-order valence-corrected chi connectivity index (χ3v) is 7.32. The molecule has 37 heavy (non-hydrogen) atoms. The van der Waals surface area contributed by atoms with Gasteiger partial charge < -0.3 is 24.6 Å². The van der Waals surface area contributed by atoms with Crippen molar-refractivity contribution in [1.82, 2.24) is 9.62 Å². The molecule has 0 unspecified atom stereocenters. The van der Waals surface area contributed by atoms with E-state index < -0.39 is 52.8 Å². The summed E-state index contributed by atoms with van der Waals surface area (Å²) in [5.41, 5.74) is 0.712. The summed E-state index contributed by atoms with van der Waals surface area (Å²) in [5.74, 6) is -3.28. The minimum Gasteiger partial charge on any atom is -0.483 e. The number of Topliss-reactive ketones (excluding diaryl/α,β-unsaturated/α-hetero) is 1. The van der Waals surface area contributed by atoms with Gasteiger partial charge in [0.2, 0.25) is 10.0 Å². The molecule has 2 N–H and O–H groups in total. The Balaban J connectivity index is 1.60. The summed E-state index contributed by atoms with van der Waals surface area (Å²) in [5, 5.41) is 11.3. The van der Waals surface area contributed by atoms with Gasteiger partial charge in [0.25, 0.3) is 0 Å². The molecular formula is C24H27FN2O9S. The topological polar surface area (TPSA) is 149 Å². The lowest BCUT2D eigenvalue weighted by atomic mass is 10.1. The number of ketones is 1. The summed E-state index contributed by atoms with van der Waals surface area (Å²) in [7, 11) is -3.93. The van der Waals surface area contributed by atoms with Crippen LogP contribution in [0, 0.1) is 5.82 Å². The summed E-state index contributed by atoms with van der Waals surface area (Å²) < 4.78 is 56.6. The lowest BCUT2D eigenvalue weighted by Gasteiger charge is -2.26. The number of carbonyl (C=O) groups excluding carboxylic acids is 2. The summed E-state index contributed by atoms with van der Waals surface area (Å²) in [6.07, 6.45) is -1.59. The molecule has 2 aromatic rings. The average molecular weight is 539 g/mol. The van der Waals surface area contributed by atoms with E-state index in [2.05, 4.69) is 5.32 Å². The minimum atomic E-state index is -3.93. The number of nitrogens with zero attached hydrogens (tertiary/aromatic N) is 1. The predicted octanol–water partition coefficient (Wildman–Crippen LogP) is 1.95. The van der Waals surface area contributed by atoms with Gasteiger partial charge in [-0.1, -0.05) is 30.3 Å². The molecule has 11 nitrogen and oxygen atoms in total. The van der Waals surface area contributed by atoms with Crippen molar-refractivity contribution in [1.29, 1.82) is 0 Å². The Morgan fingerprint density at radius 1 is 1.11 bits per heavy atom. The molecule has 0 spiro atoms. The lowest BCUT2D eigenvalue weighted by molar-refractivity contribution is -0.137. The molecular weight excluding hydrogens is 511 g/mol. The van der Waals surface area contributed by atoms with E-state index in [-0.39, 0.29) is 50.0 Å². The number of hydrogen-bond acceptors (Lipinski definition) is 8. The van der Waals surface area contributed by atoms with Crippen molar-refractivity contribution in [2.75, 3.05) is 32.9 Å². The van der Waals surface area contributed by atoms with E-state index in [0.29, 0.717) is 5.56 Å². The van der Waals surface area contributed by atoms with E-state index >= 15 is 0 Å². The molecule has 0 bridgehead atoms. The zero-order chi connectivity index (χ0) is 26.8. The average Bonchev–Trinajstić information content (AvgIpc) is 2.89. The number of carboxylic acid groups (broad SMARTS) is 1. The number of benzene rings is 2. The Kier molecular flexibility index (Phi) is 9.94. The van der Waals surface area contributed by atoms with Gasteiger partial charge >= 0.3 is 12.1 Å². The number of rotatable bonds is 12. The molecule has 200 valence electrons. The number of nitrogens with one attached hydrogen (secondary N) is 1. The predicted molar refractivity (Wildman–Crippen MR) is 127 cm³/mol. The molecule has 1 aliphatic heterocycles. The molecule has 0 radical (unpaired) electrons. The van der Waals surface area contributed by atoms with Gasteiger partial charge in [-0.3, -0.25) is 9.59 Å². The van der Waals surface area contributed by atoms with E-state index in [1.807, 2.05) is 0 Å².